The number of nitrogens with zero attached hydrogens (tertiary/aromatic N) is 1. The number of amides is 1. The summed E-state index contributed by atoms with van der Waals surface area (Å²) in [5.41, 5.74) is 0.516. The average Bonchev–Trinajstić information content (AvgIpc) is 3.16. The summed E-state index contributed by atoms with van der Waals surface area (Å²) in [7, 11) is -3.72. The predicted molar refractivity (Wildman–Crippen MR) is 115 cm³/mol. The van der Waals surface area contributed by atoms with Crippen LogP contribution in [0.2, 0.25) is 5.02 Å². The maximum atomic E-state index is 12.4. The number of sulfonamides is 1. The van der Waals surface area contributed by atoms with Crippen LogP contribution in [-0.2, 0) is 14.8 Å². The maximum absolute atomic E-state index is 12.4. The highest BCUT2D eigenvalue weighted by molar-refractivity contribution is 8.00. The Morgan fingerprint density at radius 2 is 1.82 bits per heavy atom. The molecule has 3 rings (SSSR count). The van der Waals surface area contributed by atoms with Crippen molar-refractivity contribution in [2.75, 3.05) is 10.0 Å². The lowest BCUT2D eigenvalue weighted by Crippen LogP contribution is -2.22. The molecule has 2 aromatic carbocycles. The van der Waals surface area contributed by atoms with Crippen LogP contribution in [0, 0.1) is 0 Å². The molecule has 1 amide bonds. The van der Waals surface area contributed by atoms with Crippen LogP contribution in [0.5, 0.6) is 0 Å². The number of hydrogen-bond donors (Lipinski definition) is 2. The maximum Gasteiger partial charge on any atom is 0.263 e. The minimum atomic E-state index is -3.72. The molecule has 0 bridgehead atoms. The van der Waals surface area contributed by atoms with E-state index in [0.717, 1.165) is 4.90 Å². The van der Waals surface area contributed by atoms with Crippen molar-refractivity contribution in [1.29, 1.82) is 0 Å². The number of aromatic nitrogens is 1. The number of halogens is 1. The zero-order valence-corrected chi connectivity index (χ0v) is 17.8. The SMILES string of the molecule is CC(Sc1ccc(Cl)cc1)C(=O)Nc1ccc(S(=O)(=O)Nc2nccs2)cc1. The van der Waals surface area contributed by atoms with Gasteiger partial charge in [-0.25, -0.2) is 13.4 Å². The van der Waals surface area contributed by atoms with Crippen LogP contribution in [0.1, 0.15) is 6.92 Å². The highest BCUT2D eigenvalue weighted by Gasteiger charge is 2.17. The molecular weight excluding hydrogens is 438 g/mol. The minimum absolute atomic E-state index is 0.0873. The van der Waals surface area contributed by atoms with Gasteiger partial charge in [0.25, 0.3) is 10.0 Å². The highest BCUT2D eigenvalue weighted by atomic mass is 35.5. The molecule has 28 heavy (non-hydrogen) atoms. The number of benzene rings is 2. The van der Waals surface area contributed by atoms with E-state index in [0.29, 0.717) is 15.8 Å². The monoisotopic (exact) mass is 453 g/mol. The van der Waals surface area contributed by atoms with Gasteiger partial charge in [-0.05, 0) is 55.5 Å². The van der Waals surface area contributed by atoms with Crippen molar-refractivity contribution in [2.24, 2.45) is 0 Å². The van der Waals surface area contributed by atoms with Crippen LogP contribution in [0.4, 0.5) is 10.8 Å². The van der Waals surface area contributed by atoms with Gasteiger partial charge < -0.3 is 5.32 Å². The summed E-state index contributed by atoms with van der Waals surface area (Å²) < 4.78 is 27.1. The summed E-state index contributed by atoms with van der Waals surface area (Å²) in [5, 5.41) is 5.07. The molecule has 146 valence electrons. The molecule has 1 aromatic heterocycles. The van der Waals surface area contributed by atoms with Crippen molar-refractivity contribution in [2.45, 2.75) is 22.0 Å². The van der Waals surface area contributed by atoms with Gasteiger partial charge in [0.2, 0.25) is 5.91 Å². The van der Waals surface area contributed by atoms with Crippen molar-refractivity contribution < 1.29 is 13.2 Å². The Labute approximate surface area is 176 Å². The van der Waals surface area contributed by atoms with Crippen molar-refractivity contribution >= 4 is 61.4 Å². The predicted octanol–water partition coefficient (Wildman–Crippen LogP) is 4.72. The Hall–Kier alpha value is -2.07. The number of thioether (sulfide) groups is 1. The lowest BCUT2D eigenvalue weighted by atomic mass is 10.3. The van der Waals surface area contributed by atoms with Crippen LogP contribution in [0.25, 0.3) is 0 Å². The molecule has 2 N–H and O–H groups in total. The highest BCUT2D eigenvalue weighted by Crippen LogP contribution is 2.26. The molecule has 0 aliphatic rings. The number of thiazole rings is 1. The van der Waals surface area contributed by atoms with E-state index in [2.05, 4.69) is 15.0 Å². The third-order valence-electron chi connectivity index (χ3n) is 3.58. The average molecular weight is 454 g/mol. The largest absolute Gasteiger partial charge is 0.325 e. The molecule has 1 unspecified atom stereocenters. The van der Waals surface area contributed by atoms with Gasteiger partial charge >= 0.3 is 0 Å². The number of nitrogens with one attached hydrogen (secondary N) is 2. The van der Waals surface area contributed by atoms with Gasteiger partial charge in [-0.2, -0.15) is 0 Å². The molecule has 0 radical (unpaired) electrons. The van der Waals surface area contributed by atoms with Crippen molar-refractivity contribution in [3.05, 3.63) is 65.1 Å². The van der Waals surface area contributed by atoms with Crippen LogP contribution < -0.4 is 10.0 Å². The Morgan fingerprint density at radius 3 is 2.43 bits per heavy atom. The van der Waals surface area contributed by atoms with Crippen molar-refractivity contribution in [1.82, 2.24) is 4.98 Å². The van der Waals surface area contributed by atoms with Gasteiger partial charge in [0.15, 0.2) is 5.13 Å². The molecule has 0 aliphatic carbocycles. The summed E-state index contributed by atoms with van der Waals surface area (Å²) in [6.07, 6.45) is 1.52. The third-order valence-corrected chi connectivity index (χ3v) is 7.12. The number of rotatable bonds is 7. The Balaban J connectivity index is 1.61. The lowest BCUT2D eigenvalue weighted by molar-refractivity contribution is -0.115. The molecule has 6 nitrogen and oxygen atoms in total. The fraction of sp³-hybridized carbons (Fsp3) is 0.111. The van der Waals surface area contributed by atoms with Crippen molar-refractivity contribution in [3.63, 3.8) is 0 Å². The molecule has 0 spiro atoms. The summed E-state index contributed by atoms with van der Waals surface area (Å²) in [6.45, 7) is 1.80. The van der Waals surface area contributed by atoms with E-state index in [-0.39, 0.29) is 16.1 Å². The van der Waals surface area contributed by atoms with E-state index >= 15 is 0 Å². The Morgan fingerprint density at radius 1 is 1.14 bits per heavy atom. The van der Waals surface area contributed by atoms with E-state index < -0.39 is 10.0 Å². The third kappa shape index (κ3) is 5.48. The van der Waals surface area contributed by atoms with Gasteiger partial charge in [0.1, 0.15) is 0 Å². The fourth-order valence-corrected chi connectivity index (χ4v) is 4.96. The molecule has 0 fully saturated rings. The second-order valence-corrected chi connectivity index (χ2v) is 10.1. The van der Waals surface area contributed by atoms with Crippen molar-refractivity contribution in [3.8, 4) is 0 Å². The second kappa shape index (κ2) is 8.95. The first-order valence-electron chi connectivity index (χ1n) is 8.09. The van der Waals surface area contributed by atoms with Gasteiger partial charge in [0.05, 0.1) is 10.1 Å². The molecule has 3 aromatic rings. The van der Waals surface area contributed by atoms with E-state index in [1.807, 2.05) is 12.1 Å². The summed E-state index contributed by atoms with van der Waals surface area (Å²) in [5.74, 6) is -0.184. The first-order chi connectivity index (χ1) is 13.3. The zero-order chi connectivity index (χ0) is 20.1. The molecule has 0 saturated heterocycles. The molecular formula is C18H16ClN3O3S3. The number of carbonyl (C=O) groups is 1. The molecule has 1 atom stereocenters. The minimum Gasteiger partial charge on any atom is -0.325 e. The van der Waals surface area contributed by atoms with E-state index in [1.54, 1.807) is 36.6 Å². The first-order valence-corrected chi connectivity index (χ1v) is 11.7. The topological polar surface area (TPSA) is 88.2 Å². The van der Waals surface area contributed by atoms with Crippen LogP contribution in [0.15, 0.2) is 69.9 Å². The molecule has 0 saturated carbocycles. The summed E-state index contributed by atoms with van der Waals surface area (Å²) in [6, 6.07) is 13.2. The van der Waals surface area contributed by atoms with Gasteiger partial charge in [-0.1, -0.05) is 11.6 Å². The number of carbonyl (C=O) groups excluding carboxylic acids is 1. The quantitative estimate of drug-likeness (QED) is 0.505. The standard InChI is InChI=1S/C18H16ClN3O3S3/c1-12(27-15-6-2-13(19)3-7-15)17(23)21-14-4-8-16(9-5-14)28(24,25)22-18-20-10-11-26-18/h2-12H,1H3,(H,20,22)(H,21,23). The molecule has 0 aliphatic heterocycles. The molecule has 10 heteroatoms. The second-order valence-electron chi connectivity index (χ2n) is 5.67. The number of anilines is 2. The molecule has 1 heterocycles. The van der Waals surface area contributed by atoms with Gasteiger partial charge in [-0.3, -0.25) is 9.52 Å². The Kier molecular flexibility index (Phi) is 6.61. The number of hydrogen-bond acceptors (Lipinski definition) is 6. The van der Waals surface area contributed by atoms with Gasteiger partial charge in [0, 0.05) is 27.2 Å². The summed E-state index contributed by atoms with van der Waals surface area (Å²) in [4.78, 5) is 17.3. The lowest BCUT2D eigenvalue weighted by Gasteiger charge is -2.12. The summed E-state index contributed by atoms with van der Waals surface area (Å²) >= 11 is 8.46. The van der Waals surface area contributed by atoms with Gasteiger partial charge in [-0.15, -0.1) is 23.1 Å². The van der Waals surface area contributed by atoms with E-state index in [1.165, 1.54) is 41.4 Å². The normalized spacial score (nSPS) is 12.4. The van der Waals surface area contributed by atoms with Crippen LogP contribution in [-0.4, -0.2) is 24.6 Å². The van der Waals surface area contributed by atoms with E-state index in [9.17, 15) is 13.2 Å². The van der Waals surface area contributed by atoms with Crippen LogP contribution in [0.3, 0.4) is 0 Å². The smallest absolute Gasteiger partial charge is 0.263 e. The van der Waals surface area contributed by atoms with Crippen LogP contribution >= 0.6 is 34.7 Å². The zero-order valence-electron chi connectivity index (χ0n) is 14.6. The van der Waals surface area contributed by atoms with E-state index in [4.69, 9.17) is 11.6 Å². The Bertz CT molecular complexity index is 1040. The fourth-order valence-electron chi connectivity index (χ4n) is 2.18. The first kappa shape index (κ1) is 20.7.